The molecule has 6 amide bonds. The highest BCUT2D eigenvalue weighted by Crippen LogP contribution is 2.32. The summed E-state index contributed by atoms with van der Waals surface area (Å²) < 4.78 is 5.42. The molecule has 3 heterocycles. The zero-order chi connectivity index (χ0) is 30.3. The van der Waals surface area contributed by atoms with Crippen molar-refractivity contribution in [1.82, 2.24) is 20.4 Å². The first-order chi connectivity index (χ1) is 20.8. The Kier molecular flexibility index (Phi) is 10.2. The number of carbonyl (C=O) groups is 5. The molecule has 1 saturated carbocycles. The van der Waals surface area contributed by atoms with Crippen molar-refractivity contribution < 1.29 is 28.7 Å². The van der Waals surface area contributed by atoms with Crippen LogP contribution in [0.25, 0.3) is 0 Å². The monoisotopic (exact) mass is 595 g/mol. The Morgan fingerprint density at radius 3 is 2.26 bits per heavy atom. The van der Waals surface area contributed by atoms with E-state index in [9.17, 15) is 24.0 Å². The van der Waals surface area contributed by atoms with Crippen molar-refractivity contribution in [1.29, 1.82) is 0 Å². The van der Waals surface area contributed by atoms with Crippen molar-refractivity contribution in [2.45, 2.75) is 70.6 Å². The molecule has 4 aliphatic rings. The molecular weight excluding hydrogens is 550 g/mol. The molecule has 4 fully saturated rings. The molecule has 0 bridgehead atoms. The van der Waals surface area contributed by atoms with E-state index >= 15 is 0 Å². The van der Waals surface area contributed by atoms with Crippen LogP contribution in [0.15, 0.2) is 18.2 Å². The summed E-state index contributed by atoms with van der Waals surface area (Å²) in [6, 6.07) is 4.44. The molecule has 0 unspecified atom stereocenters. The Bertz CT molecular complexity index is 1200. The van der Waals surface area contributed by atoms with Crippen LogP contribution in [0.5, 0.6) is 5.75 Å². The molecule has 5 rings (SSSR count). The SMILES string of the molecule is COc1ccc(C(=O)N2CCC(C(=O)N3CCC(CCNC(=O)C4CCCCC4)CC3)CC2)cc1N1CCC(=O)NC1=O. The lowest BCUT2D eigenvalue weighted by Gasteiger charge is -2.37. The Morgan fingerprint density at radius 1 is 0.884 bits per heavy atom. The zero-order valence-corrected chi connectivity index (χ0v) is 25.3. The predicted molar refractivity (Wildman–Crippen MR) is 161 cm³/mol. The van der Waals surface area contributed by atoms with Gasteiger partial charge in [-0.05, 0) is 69.1 Å². The molecular formula is C32H45N5O6. The number of amides is 6. The fraction of sp³-hybridized carbons (Fsp3) is 0.656. The van der Waals surface area contributed by atoms with E-state index in [0.717, 1.165) is 64.6 Å². The van der Waals surface area contributed by atoms with Gasteiger partial charge in [-0.15, -0.1) is 0 Å². The van der Waals surface area contributed by atoms with Crippen LogP contribution in [0.3, 0.4) is 0 Å². The zero-order valence-electron chi connectivity index (χ0n) is 25.3. The van der Waals surface area contributed by atoms with Gasteiger partial charge in [0.1, 0.15) is 5.75 Å². The average molecular weight is 596 g/mol. The smallest absolute Gasteiger partial charge is 0.328 e. The molecule has 0 radical (unpaired) electrons. The fourth-order valence-corrected chi connectivity index (χ4v) is 6.95. The van der Waals surface area contributed by atoms with Crippen LogP contribution >= 0.6 is 0 Å². The van der Waals surface area contributed by atoms with Gasteiger partial charge in [0.25, 0.3) is 5.91 Å². The first kappa shape index (κ1) is 30.8. The van der Waals surface area contributed by atoms with Gasteiger partial charge in [-0.1, -0.05) is 19.3 Å². The number of benzene rings is 1. The third-order valence-electron chi connectivity index (χ3n) is 9.66. The number of nitrogens with zero attached hydrogens (tertiary/aromatic N) is 3. The van der Waals surface area contributed by atoms with E-state index in [1.165, 1.54) is 18.4 Å². The van der Waals surface area contributed by atoms with E-state index < -0.39 is 6.03 Å². The Morgan fingerprint density at radius 2 is 1.58 bits per heavy atom. The molecule has 11 nitrogen and oxygen atoms in total. The van der Waals surface area contributed by atoms with Crippen molar-refractivity contribution >= 4 is 35.3 Å². The van der Waals surface area contributed by atoms with Crippen LogP contribution in [-0.4, -0.2) is 85.8 Å². The lowest BCUT2D eigenvalue weighted by molar-refractivity contribution is -0.138. The highest BCUT2D eigenvalue weighted by Gasteiger charge is 2.33. The Labute approximate surface area is 253 Å². The molecule has 0 spiro atoms. The molecule has 3 saturated heterocycles. The number of nitrogens with one attached hydrogen (secondary N) is 2. The van der Waals surface area contributed by atoms with Crippen molar-refractivity contribution in [3.63, 3.8) is 0 Å². The van der Waals surface area contributed by atoms with Gasteiger partial charge in [-0.3, -0.25) is 29.4 Å². The van der Waals surface area contributed by atoms with Gasteiger partial charge in [0, 0.05) is 63.1 Å². The maximum Gasteiger partial charge on any atom is 0.328 e. The number of hydrogen-bond donors (Lipinski definition) is 2. The van der Waals surface area contributed by atoms with Gasteiger partial charge in [-0.25, -0.2) is 4.79 Å². The third kappa shape index (κ3) is 7.48. The summed E-state index contributed by atoms with van der Waals surface area (Å²) in [5.41, 5.74) is 0.876. The summed E-state index contributed by atoms with van der Waals surface area (Å²) in [4.78, 5) is 68.3. The maximum atomic E-state index is 13.4. The molecule has 43 heavy (non-hydrogen) atoms. The highest BCUT2D eigenvalue weighted by atomic mass is 16.5. The number of ether oxygens (including phenoxy) is 1. The summed E-state index contributed by atoms with van der Waals surface area (Å²) in [5, 5.41) is 5.46. The summed E-state index contributed by atoms with van der Waals surface area (Å²) >= 11 is 0. The largest absolute Gasteiger partial charge is 0.495 e. The molecule has 234 valence electrons. The van der Waals surface area contributed by atoms with Crippen molar-refractivity contribution in [3.8, 4) is 5.75 Å². The number of hydrogen-bond acceptors (Lipinski definition) is 6. The molecule has 3 aliphatic heterocycles. The standard InChI is InChI=1S/C32H45N5O6/c1-43-27-8-7-25(21-26(27)37-20-14-28(38)34-32(37)42)31(41)36-18-12-24(13-19-36)30(40)35-16-10-22(11-17-35)9-15-33-29(39)23-5-3-2-4-6-23/h7-8,21-24H,2-6,9-20H2,1H3,(H,33,39)(H,34,38,42). The summed E-state index contributed by atoms with van der Waals surface area (Å²) in [6.07, 6.45) is 9.92. The molecule has 0 aromatic heterocycles. The molecule has 11 heteroatoms. The van der Waals surface area contributed by atoms with E-state index in [0.29, 0.717) is 48.8 Å². The predicted octanol–water partition coefficient (Wildman–Crippen LogP) is 3.32. The average Bonchev–Trinajstić information content (AvgIpc) is 3.04. The van der Waals surface area contributed by atoms with E-state index in [-0.39, 0.29) is 48.4 Å². The number of anilines is 1. The van der Waals surface area contributed by atoms with E-state index in [4.69, 9.17) is 4.74 Å². The minimum Gasteiger partial charge on any atom is -0.495 e. The van der Waals surface area contributed by atoms with Gasteiger partial charge in [0.15, 0.2) is 0 Å². The maximum absolute atomic E-state index is 13.4. The highest BCUT2D eigenvalue weighted by molar-refractivity contribution is 6.07. The molecule has 1 aromatic carbocycles. The van der Waals surface area contributed by atoms with Crippen molar-refractivity contribution in [2.75, 3.05) is 51.3 Å². The number of imide groups is 1. The van der Waals surface area contributed by atoms with Crippen LogP contribution < -0.4 is 20.3 Å². The molecule has 2 N–H and O–H groups in total. The first-order valence-electron chi connectivity index (χ1n) is 16.0. The second-order valence-electron chi connectivity index (χ2n) is 12.4. The van der Waals surface area contributed by atoms with Crippen LogP contribution in [0.2, 0.25) is 0 Å². The van der Waals surface area contributed by atoms with Gasteiger partial charge >= 0.3 is 6.03 Å². The van der Waals surface area contributed by atoms with Gasteiger partial charge < -0.3 is 19.9 Å². The van der Waals surface area contributed by atoms with Gasteiger partial charge in [-0.2, -0.15) is 0 Å². The number of urea groups is 1. The summed E-state index contributed by atoms with van der Waals surface area (Å²) in [7, 11) is 1.50. The van der Waals surface area contributed by atoms with Crippen molar-refractivity contribution in [2.24, 2.45) is 17.8 Å². The third-order valence-corrected chi connectivity index (χ3v) is 9.66. The number of carbonyl (C=O) groups excluding carboxylic acids is 5. The first-order valence-corrected chi connectivity index (χ1v) is 16.0. The summed E-state index contributed by atoms with van der Waals surface area (Å²) in [6.45, 7) is 3.42. The normalized spacial score (nSPS) is 21.0. The molecule has 0 atom stereocenters. The van der Waals surface area contributed by atoms with Gasteiger partial charge in [0.2, 0.25) is 17.7 Å². The number of likely N-dealkylation sites (tertiary alicyclic amines) is 2. The van der Waals surface area contributed by atoms with Gasteiger partial charge in [0.05, 0.1) is 12.8 Å². The van der Waals surface area contributed by atoms with Crippen LogP contribution in [0, 0.1) is 17.8 Å². The lowest BCUT2D eigenvalue weighted by Crippen LogP contribution is -2.49. The second-order valence-corrected chi connectivity index (χ2v) is 12.4. The quantitative estimate of drug-likeness (QED) is 0.475. The fourth-order valence-electron chi connectivity index (χ4n) is 6.95. The summed E-state index contributed by atoms with van der Waals surface area (Å²) in [5.74, 6) is 1.00. The van der Waals surface area contributed by atoms with E-state index in [1.54, 1.807) is 23.1 Å². The number of rotatable bonds is 8. The Balaban J connectivity index is 1.06. The van der Waals surface area contributed by atoms with E-state index in [1.807, 2.05) is 4.90 Å². The van der Waals surface area contributed by atoms with Crippen LogP contribution in [-0.2, 0) is 14.4 Å². The minimum atomic E-state index is -0.538. The lowest BCUT2D eigenvalue weighted by atomic mass is 9.88. The molecule has 1 aliphatic carbocycles. The van der Waals surface area contributed by atoms with Crippen molar-refractivity contribution in [3.05, 3.63) is 23.8 Å². The molecule has 1 aromatic rings. The number of methoxy groups -OCH3 is 1. The second kappa shape index (κ2) is 14.2. The topological polar surface area (TPSA) is 128 Å². The van der Waals surface area contributed by atoms with Crippen LogP contribution in [0.1, 0.15) is 81.0 Å². The van der Waals surface area contributed by atoms with E-state index in [2.05, 4.69) is 10.6 Å². The number of piperidine rings is 2. The Hall–Kier alpha value is -3.63. The minimum absolute atomic E-state index is 0.0867. The van der Waals surface area contributed by atoms with Crippen LogP contribution in [0.4, 0.5) is 10.5 Å².